The monoisotopic (exact) mass is 239 g/mol. The molecule has 1 aromatic heterocycles. The molecule has 6 heteroatoms. The Kier molecular flexibility index (Phi) is 3.54. The van der Waals surface area contributed by atoms with Crippen LogP contribution in [0.5, 0.6) is 0 Å². The van der Waals surface area contributed by atoms with E-state index in [9.17, 15) is 5.11 Å². The SMILES string of the molecule is CN(C)c1c(N)cnn1CCN1CCC(O)C1. The van der Waals surface area contributed by atoms with Crippen molar-refractivity contribution in [2.24, 2.45) is 0 Å². The van der Waals surface area contributed by atoms with Gasteiger partial charge in [-0.3, -0.25) is 4.90 Å². The van der Waals surface area contributed by atoms with Crippen LogP contribution in [0.4, 0.5) is 11.5 Å². The molecule has 0 spiro atoms. The number of aromatic nitrogens is 2. The predicted molar refractivity (Wildman–Crippen MR) is 68.0 cm³/mol. The number of hydrogen-bond acceptors (Lipinski definition) is 5. The first-order valence-corrected chi connectivity index (χ1v) is 5.97. The van der Waals surface area contributed by atoms with E-state index in [0.29, 0.717) is 5.69 Å². The van der Waals surface area contributed by atoms with Gasteiger partial charge < -0.3 is 15.7 Å². The molecule has 0 radical (unpaired) electrons. The van der Waals surface area contributed by atoms with Crippen molar-refractivity contribution in [3.05, 3.63) is 6.20 Å². The lowest BCUT2D eigenvalue weighted by atomic mass is 10.3. The number of anilines is 2. The van der Waals surface area contributed by atoms with E-state index in [1.807, 2.05) is 23.7 Å². The maximum absolute atomic E-state index is 9.45. The van der Waals surface area contributed by atoms with E-state index in [2.05, 4.69) is 10.00 Å². The number of aliphatic hydroxyl groups excluding tert-OH is 1. The summed E-state index contributed by atoms with van der Waals surface area (Å²) in [6.07, 6.45) is 2.40. The van der Waals surface area contributed by atoms with Gasteiger partial charge in [0.1, 0.15) is 5.82 Å². The van der Waals surface area contributed by atoms with Gasteiger partial charge in [0.15, 0.2) is 0 Å². The van der Waals surface area contributed by atoms with Crippen LogP contribution in [0.1, 0.15) is 6.42 Å². The number of hydrogen-bond donors (Lipinski definition) is 2. The highest BCUT2D eigenvalue weighted by molar-refractivity contribution is 5.61. The fourth-order valence-electron chi connectivity index (χ4n) is 2.30. The van der Waals surface area contributed by atoms with Crippen molar-refractivity contribution in [3.63, 3.8) is 0 Å². The smallest absolute Gasteiger partial charge is 0.149 e. The molecular weight excluding hydrogens is 218 g/mol. The fraction of sp³-hybridized carbons (Fsp3) is 0.727. The maximum Gasteiger partial charge on any atom is 0.149 e. The third-order valence-electron chi connectivity index (χ3n) is 3.14. The predicted octanol–water partition coefficient (Wildman–Crippen LogP) is -0.402. The molecule has 1 fully saturated rings. The van der Waals surface area contributed by atoms with Gasteiger partial charge in [0, 0.05) is 33.7 Å². The van der Waals surface area contributed by atoms with Gasteiger partial charge in [-0.2, -0.15) is 5.10 Å². The molecule has 0 aromatic carbocycles. The van der Waals surface area contributed by atoms with Crippen molar-refractivity contribution in [2.75, 3.05) is 44.4 Å². The van der Waals surface area contributed by atoms with Gasteiger partial charge in [0.25, 0.3) is 0 Å². The Labute approximate surface area is 102 Å². The Balaban J connectivity index is 1.95. The average Bonchev–Trinajstić information content (AvgIpc) is 2.82. The van der Waals surface area contributed by atoms with Gasteiger partial charge in [-0.1, -0.05) is 0 Å². The summed E-state index contributed by atoms with van der Waals surface area (Å²) in [6, 6.07) is 0. The number of β-amino-alcohol motifs (C(OH)–C–C–N with tert-alkyl or cyclic N) is 1. The molecule has 1 unspecified atom stereocenters. The lowest BCUT2D eigenvalue weighted by Crippen LogP contribution is -2.27. The Hall–Kier alpha value is -1.27. The molecule has 1 aliphatic heterocycles. The normalized spacial score (nSPS) is 21.0. The average molecular weight is 239 g/mol. The quantitative estimate of drug-likeness (QED) is 0.748. The van der Waals surface area contributed by atoms with E-state index < -0.39 is 0 Å². The summed E-state index contributed by atoms with van der Waals surface area (Å²) in [6.45, 7) is 3.44. The summed E-state index contributed by atoms with van der Waals surface area (Å²) in [5.74, 6) is 0.949. The number of aliphatic hydroxyl groups is 1. The van der Waals surface area contributed by atoms with E-state index in [1.165, 1.54) is 0 Å². The lowest BCUT2D eigenvalue weighted by Gasteiger charge is -2.19. The Morgan fingerprint density at radius 1 is 1.53 bits per heavy atom. The Morgan fingerprint density at radius 2 is 2.29 bits per heavy atom. The summed E-state index contributed by atoms with van der Waals surface area (Å²) in [4.78, 5) is 4.23. The van der Waals surface area contributed by atoms with Gasteiger partial charge >= 0.3 is 0 Å². The number of nitrogens with two attached hydrogens (primary N) is 1. The first-order chi connectivity index (χ1) is 8.08. The van der Waals surface area contributed by atoms with Crippen LogP contribution in [0.3, 0.4) is 0 Å². The largest absolute Gasteiger partial charge is 0.394 e. The number of rotatable bonds is 4. The van der Waals surface area contributed by atoms with Crippen LogP contribution in [-0.2, 0) is 6.54 Å². The third-order valence-corrected chi connectivity index (χ3v) is 3.14. The number of likely N-dealkylation sites (tertiary alicyclic amines) is 1. The van der Waals surface area contributed by atoms with E-state index in [0.717, 1.165) is 38.4 Å². The summed E-state index contributed by atoms with van der Waals surface area (Å²) < 4.78 is 1.92. The van der Waals surface area contributed by atoms with E-state index >= 15 is 0 Å². The van der Waals surface area contributed by atoms with Gasteiger partial charge in [0.05, 0.1) is 24.5 Å². The van der Waals surface area contributed by atoms with E-state index in [4.69, 9.17) is 5.73 Å². The zero-order valence-electron chi connectivity index (χ0n) is 10.5. The van der Waals surface area contributed by atoms with Crippen LogP contribution in [0.25, 0.3) is 0 Å². The molecule has 1 aromatic rings. The highest BCUT2D eigenvalue weighted by Gasteiger charge is 2.20. The highest BCUT2D eigenvalue weighted by atomic mass is 16.3. The molecule has 6 nitrogen and oxygen atoms in total. The van der Waals surface area contributed by atoms with Gasteiger partial charge in [-0.25, -0.2) is 4.68 Å². The first kappa shape index (κ1) is 12.2. The summed E-state index contributed by atoms with van der Waals surface area (Å²) in [5, 5.41) is 13.7. The molecule has 0 aliphatic carbocycles. The van der Waals surface area contributed by atoms with Crippen molar-refractivity contribution in [1.29, 1.82) is 0 Å². The van der Waals surface area contributed by atoms with Crippen LogP contribution < -0.4 is 10.6 Å². The van der Waals surface area contributed by atoms with Crippen molar-refractivity contribution in [2.45, 2.75) is 19.1 Å². The minimum absolute atomic E-state index is 0.161. The second-order valence-corrected chi connectivity index (χ2v) is 4.78. The zero-order valence-corrected chi connectivity index (χ0v) is 10.5. The standard InChI is InChI=1S/C11H21N5O/c1-14(2)11-10(12)7-13-16(11)6-5-15-4-3-9(17)8-15/h7,9,17H,3-6,8,12H2,1-2H3. The molecule has 0 bridgehead atoms. The summed E-state index contributed by atoms with van der Waals surface area (Å²) >= 11 is 0. The lowest BCUT2D eigenvalue weighted by molar-refractivity contribution is 0.174. The molecular formula is C11H21N5O. The van der Waals surface area contributed by atoms with Gasteiger partial charge in [-0.05, 0) is 6.42 Å². The molecule has 1 saturated heterocycles. The fourth-order valence-corrected chi connectivity index (χ4v) is 2.30. The summed E-state index contributed by atoms with van der Waals surface area (Å²) in [7, 11) is 3.92. The second kappa shape index (κ2) is 4.93. The van der Waals surface area contributed by atoms with Crippen LogP contribution in [0.2, 0.25) is 0 Å². The molecule has 2 heterocycles. The first-order valence-electron chi connectivity index (χ1n) is 5.97. The zero-order chi connectivity index (χ0) is 12.4. The van der Waals surface area contributed by atoms with Crippen molar-refractivity contribution in [1.82, 2.24) is 14.7 Å². The van der Waals surface area contributed by atoms with E-state index in [1.54, 1.807) is 6.20 Å². The Bertz CT molecular complexity index is 376. The minimum Gasteiger partial charge on any atom is -0.394 e. The summed E-state index contributed by atoms with van der Waals surface area (Å²) in [5.41, 5.74) is 6.57. The van der Waals surface area contributed by atoms with E-state index in [-0.39, 0.29) is 6.10 Å². The highest BCUT2D eigenvalue weighted by Crippen LogP contribution is 2.20. The maximum atomic E-state index is 9.45. The van der Waals surface area contributed by atoms with Crippen LogP contribution in [-0.4, -0.2) is 59.6 Å². The molecule has 17 heavy (non-hydrogen) atoms. The topological polar surface area (TPSA) is 70.5 Å². The molecule has 96 valence electrons. The molecule has 0 amide bonds. The molecule has 0 saturated carbocycles. The molecule has 1 aliphatic rings. The van der Waals surface area contributed by atoms with Gasteiger partial charge in [0.2, 0.25) is 0 Å². The second-order valence-electron chi connectivity index (χ2n) is 4.78. The number of nitrogen functional groups attached to an aromatic ring is 1. The van der Waals surface area contributed by atoms with Crippen LogP contribution in [0.15, 0.2) is 6.20 Å². The third kappa shape index (κ3) is 2.70. The van der Waals surface area contributed by atoms with Crippen molar-refractivity contribution >= 4 is 11.5 Å². The number of nitrogens with zero attached hydrogens (tertiary/aromatic N) is 4. The Morgan fingerprint density at radius 3 is 2.88 bits per heavy atom. The van der Waals surface area contributed by atoms with Gasteiger partial charge in [-0.15, -0.1) is 0 Å². The van der Waals surface area contributed by atoms with Crippen molar-refractivity contribution in [3.8, 4) is 0 Å². The minimum atomic E-state index is -0.161. The van der Waals surface area contributed by atoms with Crippen LogP contribution in [0, 0.1) is 0 Å². The molecule has 1 atom stereocenters. The molecule has 2 rings (SSSR count). The molecule has 3 N–H and O–H groups in total. The van der Waals surface area contributed by atoms with Crippen LogP contribution >= 0.6 is 0 Å². The van der Waals surface area contributed by atoms with Crippen molar-refractivity contribution < 1.29 is 5.11 Å².